The molecule has 0 aliphatic rings. The van der Waals surface area contributed by atoms with E-state index in [1.54, 1.807) is 0 Å². The van der Waals surface area contributed by atoms with Gasteiger partial charge >= 0.3 is 0 Å². The van der Waals surface area contributed by atoms with Gasteiger partial charge in [0.25, 0.3) is 0 Å². The van der Waals surface area contributed by atoms with Crippen LogP contribution in [-0.2, 0) is 13.2 Å². The predicted octanol–water partition coefficient (Wildman–Crippen LogP) is 6.53. The van der Waals surface area contributed by atoms with Crippen LogP contribution in [-0.4, -0.2) is 0 Å². The molecule has 0 spiro atoms. The molecule has 4 heteroatoms. The first-order valence-electron chi connectivity index (χ1n) is 8.56. The Morgan fingerprint density at radius 2 is 1.65 bits per heavy atom. The summed E-state index contributed by atoms with van der Waals surface area (Å²) in [5.41, 5.74) is 3.58. The smallest absolute Gasteiger partial charge is 0.134 e. The van der Waals surface area contributed by atoms with E-state index < -0.39 is 0 Å². The molecule has 0 radical (unpaired) electrons. The van der Waals surface area contributed by atoms with Gasteiger partial charge in [0.1, 0.15) is 12.4 Å². The Bertz CT molecular complexity index is 837. The Labute approximate surface area is 168 Å². The maximum absolute atomic E-state index is 5.91. The predicted molar refractivity (Wildman–Crippen MR) is 112 cm³/mol. The van der Waals surface area contributed by atoms with E-state index in [0.717, 1.165) is 27.4 Å². The summed E-state index contributed by atoms with van der Waals surface area (Å²) < 4.78 is 6.86. The first-order valence-corrected chi connectivity index (χ1v) is 9.73. The van der Waals surface area contributed by atoms with E-state index in [9.17, 15) is 0 Å². The topological polar surface area (TPSA) is 21.3 Å². The van der Waals surface area contributed by atoms with Crippen LogP contribution in [0.25, 0.3) is 0 Å². The van der Waals surface area contributed by atoms with Crippen LogP contribution in [0.5, 0.6) is 5.75 Å². The van der Waals surface area contributed by atoms with Gasteiger partial charge in [-0.15, -0.1) is 0 Å². The Balaban J connectivity index is 1.56. The quantitative estimate of drug-likeness (QED) is 0.460. The van der Waals surface area contributed by atoms with Crippen molar-refractivity contribution < 1.29 is 4.74 Å². The van der Waals surface area contributed by atoms with Crippen LogP contribution in [0.3, 0.4) is 0 Å². The van der Waals surface area contributed by atoms with Crippen molar-refractivity contribution in [3.05, 3.63) is 99.0 Å². The minimum Gasteiger partial charge on any atom is -0.488 e. The van der Waals surface area contributed by atoms with Crippen molar-refractivity contribution in [3.8, 4) is 5.75 Å². The van der Waals surface area contributed by atoms with Crippen LogP contribution in [0.1, 0.15) is 29.7 Å². The number of halogens is 2. The van der Waals surface area contributed by atoms with Gasteiger partial charge in [-0.2, -0.15) is 0 Å². The van der Waals surface area contributed by atoms with E-state index in [1.165, 1.54) is 11.1 Å². The maximum atomic E-state index is 5.91. The third-order valence-corrected chi connectivity index (χ3v) is 5.09. The van der Waals surface area contributed by atoms with Gasteiger partial charge in [0.15, 0.2) is 0 Å². The highest BCUT2D eigenvalue weighted by Crippen LogP contribution is 2.27. The van der Waals surface area contributed by atoms with E-state index in [-0.39, 0.29) is 0 Å². The van der Waals surface area contributed by atoms with Crippen molar-refractivity contribution in [2.75, 3.05) is 0 Å². The molecule has 3 aromatic rings. The summed E-state index contributed by atoms with van der Waals surface area (Å²) in [5.74, 6) is 0.833. The molecule has 0 aliphatic carbocycles. The molecule has 3 aromatic carbocycles. The van der Waals surface area contributed by atoms with Crippen molar-refractivity contribution in [2.45, 2.75) is 26.1 Å². The van der Waals surface area contributed by atoms with E-state index in [2.05, 4.69) is 64.6 Å². The van der Waals surface area contributed by atoms with Crippen LogP contribution in [0.15, 0.2) is 77.3 Å². The first-order chi connectivity index (χ1) is 12.6. The molecule has 0 heterocycles. The van der Waals surface area contributed by atoms with Gasteiger partial charge in [0.05, 0.1) is 4.47 Å². The summed E-state index contributed by atoms with van der Waals surface area (Å²) >= 11 is 9.52. The van der Waals surface area contributed by atoms with Crippen LogP contribution in [0.2, 0.25) is 5.02 Å². The number of nitrogens with one attached hydrogen (secondary N) is 1. The second-order valence-corrected chi connectivity index (χ2v) is 7.48. The fraction of sp³-hybridized carbons (Fsp3) is 0.182. The van der Waals surface area contributed by atoms with Crippen molar-refractivity contribution >= 4 is 27.5 Å². The molecule has 1 N–H and O–H groups in total. The lowest BCUT2D eigenvalue weighted by Crippen LogP contribution is -2.17. The lowest BCUT2D eigenvalue weighted by Gasteiger charge is -2.15. The van der Waals surface area contributed by atoms with Gasteiger partial charge in [-0.3, -0.25) is 0 Å². The van der Waals surface area contributed by atoms with Gasteiger partial charge in [-0.1, -0.05) is 60.1 Å². The number of benzene rings is 3. The fourth-order valence-corrected chi connectivity index (χ4v) is 3.31. The van der Waals surface area contributed by atoms with Gasteiger partial charge < -0.3 is 10.1 Å². The Kier molecular flexibility index (Phi) is 6.73. The van der Waals surface area contributed by atoms with E-state index in [1.807, 2.05) is 36.4 Å². The molecule has 1 atom stereocenters. The average molecular weight is 431 g/mol. The van der Waals surface area contributed by atoms with Crippen LogP contribution >= 0.6 is 27.5 Å². The van der Waals surface area contributed by atoms with Crippen molar-refractivity contribution in [2.24, 2.45) is 0 Å². The minimum atomic E-state index is 0.302. The third kappa shape index (κ3) is 5.34. The molecule has 3 rings (SSSR count). The van der Waals surface area contributed by atoms with E-state index in [0.29, 0.717) is 12.6 Å². The highest BCUT2D eigenvalue weighted by Gasteiger charge is 2.07. The largest absolute Gasteiger partial charge is 0.488 e. The van der Waals surface area contributed by atoms with Crippen molar-refractivity contribution in [3.63, 3.8) is 0 Å². The minimum absolute atomic E-state index is 0.302. The first kappa shape index (κ1) is 19.0. The Morgan fingerprint density at radius 3 is 2.35 bits per heavy atom. The molecule has 134 valence electrons. The second-order valence-electron chi connectivity index (χ2n) is 6.19. The zero-order chi connectivity index (χ0) is 18.4. The molecule has 0 amide bonds. The summed E-state index contributed by atoms with van der Waals surface area (Å²) in [4.78, 5) is 0. The fourth-order valence-electron chi connectivity index (χ4n) is 2.64. The van der Waals surface area contributed by atoms with Gasteiger partial charge in [-0.25, -0.2) is 0 Å². The number of rotatable bonds is 7. The molecule has 0 bridgehead atoms. The highest BCUT2D eigenvalue weighted by molar-refractivity contribution is 9.10. The summed E-state index contributed by atoms with van der Waals surface area (Å²) in [6, 6.07) is 24.6. The van der Waals surface area contributed by atoms with Crippen LogP contribution in [0, 0.1) is 0 Å². The van der Waals surface area contributed by atoms with Gasteiger partial charge in [0.2, 0.25) is 0 Å². The monoisotopic (exact) mass is 429 g/mol. The molecular formula is C22H21BrClNO. The van der Waals surface area contributed by atoms with Crippen LogP contribution in [0.4, 0.5) is 0 Å². The molecular weight excluding hydrogens is 410 g/mol. The normalized spacial score (nSPS) is 12.0. The number of ether oxygens (including phenoxy) is 1. The number of hydrogen-bond acceptors (Lipinski definition) is 2. The number of hydrogen-bond donors (Lipinski definition) is 1. The van der Waals surface area contributed by atoms with Gasteiger partial charge in [-0.05, 0) is 63.8 Å². The third-order valence-electron chi connectivity index (χ3n) is 4.22. The molecule has 0 aromatic heterocycles. The molecule has 26 heavy (non-hydrogen) atoms. The highest BCUT2D eigenvalue weighted by atomic mass is 79.9. The van der Waals surface area contributed by atoms with Crippen molar-refractivity contribution in [1.29, 1.82) is 0 Å². The lowest BCUT2D eigenvalue weighted by atomic mass is 10.1. The Hall–Kier alpha value is -1.81. The lowest BCUT2D eigenvalue weighted by molar-refractivity contribution is 0.304. The second kappa shape index (κ2) is 9.22. The summed E-state index contributed by atoms with van der Waals surface area (Å²) in [6.07, 6.45) is 0. The van der Waals surface area contributed by atoms with Crippen LogP contribution < -0.4 is 10.1 Å². The summed E-state index contributed by atoms with van der Waals surface area (Å²) in [7, 11) is 0. The molecule has 0 aliphatic heterocycles. The zero-order valence-electron chi connectivity index (χ0n) is 14.6. The SMILES string of the molecule is C[C@@H](NCc1ccc(OCc2ccc(Cl)cc2)c(Br)c1)c1ccccc1. The zero-order valence-corrected chi connectivity index (χ0v) is 16.9. The van der Waals surface area contributed by atoms with Gasteiger partial charge in [0, 0.05) is 17.6 Å². The molecule has 0 saturated carbocycles. The summed E-state index contributed by atoms with van der Waals surface area (Å²) in [6.45, 7) is 3.48. The summed E-state index contributed by atoms with van der Waals surface area (Å²) in [5, 5.41) is 4.28. The van der Waals surface area contributed by atoms with E-state index >= 15 is 0 Å². The van der Waals surface area contributed by atoms with Crippen molar-refractivity contribution in [1.82, 2.24) is 5.32 Å². The molecule has 2 nitrogen and oxygen atoms in total. The molecule has 0 fully saturated rings. The standard InChI is InChI=1S/C22H21BrClNO/c1-16(19-5-3-2-4-6-19)25-14-18-9-12-22(21(23)13-18)26-15-17-7-10-20(24)11-8-17/h2-13,16,25H,14-15H2,1H3/t16-/m1/s1. The average Bonchev–Trinajstić information content (AvgIpc) is 2.67. The molecule has 0 unspecified atom stereocenters. The van der Waals surface area contributed by atoms with E-state index in [4.69, 9.17) is 16.3 Å². The maximum Gasteiger partial charge on any atom is 0.134 e. The molecule has 0 saturated heterocycles. The Morgan fingerprint density at radius 1 is 0.962 bits per heavy atom.